The Labute approximate surface area is 102 Å². The maximum atomic E-state index is 4.93. The lowest BCUT2D eigenvalue weighted by atomic mass is 9.90. The SMILES string of the molecule is CC1C2=C(CCCC2)c2nc3n([n+]21)CCCC3. The highest BCUT2D eigenvalue weighted by molar-refractivity contribution is 5.65. The normalized spacial score (nSPS) is 26.8. The molecule has 3 nitrogen and oxygen atoms in total. The van der Waals surface area contributed by atoms with Crippen LogP contribution in [0.25, 0.3) is 5.57 Å². The third-order valence-corrected chi connectivity index (χ3v) is 4.68. The van der Waals surface area contributed by atoms with Crippen molar-refractivity contribution in [3.63, 3.8) is 0 Å². The highest BCUT2D eigenvalue weighted by atomic mass is 15.5. The highest BCUT2D eigenvalue weighted by Gasteiger charge is 2.42. The number of hydrogen-bond donors (Lipinski definition) is 0. The van der Waals surface area contributed by atoms with E-state index in [1.54, 1.807) is 11.1 Å². The van der Waals surface area contributed by atoms with Gasteiger partial charge in [-0.25, -0.2) is 0 Å². The molecule has 4 rings (SSSR count). The minimum atomic E-state index is 0.569. The molecule has 1 aromatic heterocycles. The average Bonchev–Trinajstić information content (AvgIpc) is 2.88. The highest BCUT2D eigenvalue weighted by Crippen LogP contribution is 2.39. The first-order chi connectivity index (χ1) is 8.36. The smallest absolute Gasteiger partial charge is 0.177 e. The number of aromatic nitrogens is 3. The molecule has 1 aromatic rings. The molecule has 0 radical (unpaired) electrons. The van der Waals surface area contributed by atoms with Gasteiger partial charge in [0.2, 0.25) is 0 Å². The molecule has 1 aliphatic carbocycles. The topological polar surface area (TPSA) is 21.7 Å². The molecule has 0 spiro atoms. The predicted octanol–water partition coefficient (Wildman–Crippen LogP) is 2.41. The summed E-state index contributed by atoms with van der Waals surface area (Å²) in [6.45, 7) is 3.54. The summed E-state index contributed by atoms with van der Waals surface area (Å²) in [6, 6.07) is 0.569. The Balaban J connectivity index is 1.89. The zero-order valence-electron chi connectivity index (χ0n) is 10.6. The van der Waals surface area contributed by atoms with Gasteiger partial charge in [-0.3, -0.25) is 0 Å². The van der Waals surface area contributed by atoms with Crippen molar-refractivity contribution >= 4 is 5.57 Å². The number of fused-ring (bicyclic) bond motifs is 4. The molecule has 3 heterocycles. The summed E-state index contributed by atoms with van der Waals surface area (Å²) in [4.78, 5) is 4.93. The third kappa shape index (κ3) is 1.23. The summed E-state index contributed by atoms with van der Waals surface area (Å²) in [5, 5.41) is 0. The molecule has 3 aliphatic rings. The number of nitrogens with zero attached hydrogens (tertiary/aromatic N) is 3. The molecule has 1 atom stereocenters. The Morgan fingerprint density at radius 1 is 1.12 bits per heavy atom. The summed E-state index contributed by atoms with van der Waals surface area (Å²) < 4.78 is 4.95. The van der Waals surface area contributed by atoms with Crippen molar-refractivity contribution in [3.8, 4) is 0 Å². The maximum absolute atomic E-state index is 4.93. The van der Waals surface area contributed by atoms with Gasteiger partial charge >= 0.3 is 5.82 Å². The molecular weight excluding hydrogens is 210 g/mol. The molecule has 90 valence electrons. The minimum Gasteiger partial charge on any atom is -0.177 e. The lowest BCUT2D eigenvalue weighted by Gasteiger charge is -2.16. The van der Waals surface area contributed by atoms with Crippen molar-refractivity contribution in [2.45, 2.75) is 64.5 Å². The number of rotatable bonds is 0. The van der Waals surface area contributed by atoms with Crippen LogP contribution in [0.2, 0.25) is 0 Å². The summed E-state index contributed by atoms with van der Waals surface area (Å²) in [5.41, 5.74) is 3.27. The van der Waals surface area contributed by atoms with Crippen LogP contribution in [0, 0.1) is 0 Å². The van der Waals surface area contributed by atoms with Gasteiger partial charge < -0.3 is 0 Å². The second-order valence-corrected chi connectivity index (χ2v) is 5.66. The second-order valence-electron chi connectivity index (χ2n) is 5.66. The van der Waals surface area contributed by atoms with Crippen LogP contribution < -0.4 is 4.68 Å². The van der Waals surface area contributed by atoms with Crippen molar-refractivity contribution in [2.75, 3.05) is 0 Å². The number of hydrogen-bond acceptors (Lipinski definition) is 1. The molecular formula is C14H20N3+. The largest absolute Gasteiger partial charge is 0.347 e. The van der Waals surface area contributed by atoms with E-state index in [0.29, 0.717) is 6.04 Å². The molecule has 0 saturated carbocycles. The predicted molar refractivity (Wildman–Crippen MR) is 65.5 cm³/mol. The van der Waals surface area contributed by atoms with E-state index in [4.69, 9.17) is 4.98 Å². The van der Waals surface area contributed by atoms with E-state index in [9.17, 15) is 0 Å². The first-order valence-electron chi connectivity index (χ1n) is 7.10. The molecule has 2 aliphatic heterocycles. The standard InChI is InChI=1S/C14H20N3/c1-10-11-6-2-3-7-12(11)14-15-13-8-4-5-9-16(13)17(10)14/h10H,2-9H2,1H3/q+1. The van der Waals surface area contributed by atoms with E-state index in [1.807, 2.05) is 0 Å². The van der Waals surface area contributed by atoms with E-state index >= 15 is 0 Å². The minimum absolute atomic E-state index is 0.569. The van der Waals surface area contributed by atoms with Crippen LogP contribution in [-0.2, 0) is 13.0 Å². The molecule has 0 saturated heterocycles. The zero-order valence-corrected chi connectivity index (χ0v) is 10.6. The third-order valence-electron chi connectivity index (χ3n) is 4.68. The van der Waals surface area contributed by atoms with Crippen molar-refractivity contribution in [1.82, 2.24) is 9.67 Å². The Hall–Kier alpha value is -1.12. The second kappa shape index (κ2) is 3.44. The van der Waals surface area contributed by atoms with Crippen LogP contribution in [0.4, 0.5) is 0 Å². The van der Waals surface area contributed by atoms with Gasteiger partial charge in [-0.1, -0.05) is 0 Å². The fourth-order valence-corrected chi connectivity index (χ4v) is 3.83. The van der Waals surface area contributed by atoms with Gasteiger partial charge in [0.05, 0.1) is 12.1 Å². The lowest BCUT2D eigenvalue weighted by molar-refractivity contribution is -0.787. The number of allylic oxidation sites excluding steroid dienone is 2. The van der Waals surface area contributed by atoms with Crippen LogP contribution in [0.15, 0.2) is 5.57 Å². The lowest BCUT2D eigenvalue weighted by Crippen LogP contribution is -2.47. The first-order valence-corrected chi connectivity index (χ1v) is 7.10. The Morgan fingerprint density at radius 3 is 2.88 bits per heavy atom. The van der Waals surface area contributed by atoms with Crippen molar-refractivity contribution in [2.24, 2.45) is 0 Å². The monoisotopic (exact) mass is 230 g/mol. The molecule has 0 fully saturated rings. The Bertz CT molecular complexity index is 510. The van der Waals surface area contributed by atoms with Crippen LogP contribution in [0.1, 0.15) is 63.1 Å². The van der Waals surface area contributed by atoms with Crippen molar-refractivity contribution in [3.05, 3.63) is 17.2 Å². The maximum Gasteiger partial charge on any atom is 0.347 e. The number of aryl methyl sites for hydroxylation is 1. The van der Waals surface area contributed by atoms with Crippen molar-refractivity contribution < 1.29 is 4.68 Å². The summed E-state index contributed by atoms with van der Waals surface area (Å²) in [7, 11) is 0. The van der Waals surface area contributed by atoms with Gasteiger partial charge in [-0.15, -0.1) is 4.68 Å². The molecule has 0 amide bonds. The van der Waals surface area contributed by atoms with E-state index in [0.717, 1.165) is 0 Å². The fraction of sp³-hybridized carbons (Fsp3) is 0.714. The van der Waals surface area contributed by atoms with Gasteiger partial charge in [0.1, 0.15) is 6.04 Å². The van der Waals surface area contributed by atoms with E-state index in [2.05, 4.69) is 16.3 Å². The van der Waals surface area contributed by atoms with Gasteiger partial charge in [-0.05, 0) is 56.0 Å². The first kappa shape index (κ1) is 9.86. The molecule has 17 heavy (non-hydrogen) atoms. The zero-order chi connectivity index (χ0) is 11.4. The molecule has 1 unspecified atom stereocenters. The van der Waals surface area contributed by atoms with Crippen LogP contribution in [0.5, 0.6) is 0 Å². The fourth-order valence-electron chi connectivity index (χ4n) is 3.83. The van der Waals surface area contributed by atoms with E-state index in [-0.39, 0.29) is 0 Å². The van der Waals surface area contributed by atoms with Crippen LogP contribution in [0.3, 0.4) is 0 Å². The van der Waals surface area contributed by atoms with Gasteiger partial charge in [0, 0.05) is 6.42 Å². The molecule has 0 aromatic carbocycles. The van der Waals surface area contributed by atoms with Crippen LogP contribution >= 0.6 is 0 Å². The van der Waals surface area contributed by atoms with Gasteiger partial charge in [0.25, 0.3) is 5.82 Å². The molecule has 0 N–H and O–H groups in total. The van der Waals surface area contributed by atoms with Gasteiger partial charge in [0.15, 0.2) is 0 Å². The van der Waals surface area contributed by atoms with Crippen LogP contribution in [-0.4, -0.2) is 9.67 Å². The summed E-state index contributed by atoms with van der Waals surface area (Å²) >= 11 is 0. The molecule has 3 heteroatoms. The summed E-state index contributed by atoms with van der Waals surface area (Å²) in [6.07, 6.45) is 9.10. The quantitative estimate of drug-likeness (QED) is 0.627. The Morgan fingerprint density at radius 2 is 1.94 bits per heavy atom. The van der Waals surface area contributed by atoms with Gasteiger partial charge in [-0.2, -0.15) is 4.68 Å². The summed E-state index contributed by atoms with van der Waals surface area (Å²) in [5.74, 6) is 2.64. The Kier molecular flexibility index (Phi) is 1.99. The van der Waals surface area contributed by atoms with Crippen molar-refractivity contribution in [1.29, 1.82) is 0 Å². The van der Waals surface area contributed by atoms with E-state index in [1.165, 1.54) is 63.1 Å². The molecule has 0 bridgehead atoms. The van der Waals surface area contributed by atoms with E-state index < -0.39 is 0 Å². The average molecular weight is 230 g/mol.